The Morgan fingerprint density at radius 2 is 1.33 bits per heavy atom. The van der Waals surface area contributed by atoms with Crippen LogP contribution in [0, 0.1) is 47.3 Å². The van der Waals surface area contributed by atoms with Crippen LogP contribution < -0.4 is 56.6 Å². The van der Waals surface area contributed by atoms with Gasteiger partial charge < -0.3 is 111 Å². The first-order valence-corrected chi connectivity index (χ1v) is 42.4. The predicted molar refractivity (Wildman–Crippen MR) is 441 cm³/mol. The number of aliphatic hydroxyl groups is 6. The maximum atomic E-state index is 16.8. The second kappa shape index (κ2) is 37.0. The van der Waals surface area contributed by atoms with Crippen molar-refractivity contribution in [2.24, 2.45) is 53.1 Å². The number of urea groups is 1. The summed E-state index contributed by atoms with van der Waals surface area (Å²) in [5.41, 5.74) is 3.70. The first-order valence-electron chi connectivity index (χ1n) is 41.6. The van der Waals surface area contributed by atoms with Crippen LogP contribution in [0.1, 0.15) is 177 Å². The molecule has 17 N–H and O–H groups in total. The van der Waals surface area contributed by atoms with E-state index in [1.807, 2.05) is 13.8 Å². The van der Waals surface area contributed by atoms with E-state index in [0.29, 0.717) is 30.6 Å². The van der Waals surface area contributed by atoms with Crippen LogP contribution in [0.3, 0.4) is 0 Å². The van der Waals surface area contributed by atoms with Gasteiger partial charge in [0.05, 0.1) is 47.3 Å². The molecule has 4 aliphatic carbocycles. The van der Waals surface area contributed by atoms with E-state index in [1.54, 1.807) is 26.0 Å². The zero-order valence-electron chi connectivity index (χ0n) is 68.4. The first-order chi connectivity index (χ1) is 58.5. The molecule has 7 amide bonds. The quantitative estimate of drug-likeness (QED) is 0.0382. The lowest BCUT2D eigenvalue weighted by Gasteiger charge is -2.54. The molecule has 34 heteroatoms. The Hall–Kier alpha value is -10.1. The van der Waals surface area contributed by atoms with E-state index in [-0.39, 0.29) is 104 Å². The number of phenols is 3. The van der Waals surface area contributed by atoms with E-state index < -0.39 is 228 Å². The second-order valence-corrected chi connectivity index (χ2v) is 35.3. The molecule has 0 unspecified atom stereocenters. The van der Waals surface area contributed by atoms with Gasteiger partial charge in [0.15, 0.2) is 41.2 Å². The molecule has 6 aromatic rings. The summed E-state index contributed by atoms with van der Waals surface area (Å²) in [4.78, 5) is 139. The fourth-order valence-corrected chi connectivity index (χ4v) is 19.6. The number of phenolic OH excluding ortho intramolecular Hbond substituents is 3. The molecule has 7 aliphatic heterocycles. The van der Waals surface area contributed by atoms with Gasteiger partial charge >= 0.3 is 6.03 Å². The number of nitrogens with two attached hydrogens (primary N) is 1. The van der Waals surface area contributed by atoms with Crippen LogP contribution in [0.15, 0.2) is 103 Å². The van der Waals surface area contributed by atoms with Crippen LogP contribution in [-0.4, -0.2) is 179 Å². The molecular weight excluding hydrogens is 1640 g/mol. The Balaban J connectivity index is 0.963. The summed E-state index contributed by atoms with van der Waals surface area (Å²) < 4.78 is 44.7. The average molecular weight is 1740 g/mol. The van der Waals surface area contributed by atoms with Crippen LogP contribution in [0.5, 0.6) is 51.7 Å². The Morgan fingerprint density at radius 1 is 0.683 bits per heavy atom. The molecule has 0 aromatic heterocycles. The Kier molecular flexibility index (Phi) is 26.8. The van der Waals surface area contributed by atoms with Crippen molar-refractivity contribution in [1.82, 2.24) is 26.6 Å². The highest BCUT2D eigenvalue weighted by Crippen LogP contribution is 2.59. The molecule has 0 spiro atoms. The summed E-state index contributed by atoms with van der Waals surface area (Å²) in [6.45, 7) is 9.66. The summed E-state index contributed by atoms with van der Waals surface area (Å²) in [6, 6.07) is 12.0. The van der Waals surface area contributed by atoms with Crippen molar-refractivity contribution in [3.63, 3.8) is 0 Å². The Bertz CT molecular complexity index is 5020. The van der Waals surface area contributed by atoms with Crippen molar-refractivity contribution in [3.05, 3.63) is 141 Å². The lowest BCUT2D eigenvalue weighted by atomic mass is 9.51. The number of Topliss-reactive ketones (excluding diaryl/α,β-unsaturated/α-hetero) is 3. The Morgan fingerprint density at radius 3 is 1.93 bits per heavy atom. The predicted octanol–water partition coefficient (Wildman–Crippen LogP) is 8.73. The molecule has 4 saturated carbocycles. The van der Waals surface area contributed by atoms with Crippen LogP contribution in [-0.2, 0) is 52.6 Å². The van der Waals surface area contributed by atoms with Gasteiger partial charge in [-0.25, -0.2) is 4.79 Å². The maximum Gasteiger partial charge on any atom is 0.325 e. The SMILES string of the molecule is CCOc1ccc(NC(=O)NC(=O)C[C@@H]2CC(=O)[C@H](NC(=O)[C@H](CC)CC(C)C)[C@H](O)c3ccc(c(Cl)c3)Oc3cc4cc(c3O[C@@H]3O[C@H](CO)[C@@H](O)[C@H](O)[C@H]3O[C@H]3C[C@](C)(N)[C@H](O)[C@H](C)O3)Oc3ccc(cc3Cl)[C@@H](O)[C@@H]3NC(=O)[C@H](CC(=O)[C@@H]4NC2=O)c2ccc(O)c(c2)-c2c(O)cc(O)cc2[C@@H](C(=O)CC2C4CC5CC(C4)CC2C5)NC3=O)cc1. The van der Waals surface area contributed by atoms with Gasteiger partial charge in [0.1, 0.15) is 89.2 Å². The zero-order valence-corrected chi connectivity index (χ0v) is 69.9. The van der Waals surface area contributed by atoms with Crippen molar-refractivity contribution in [2.75, 3.05) is 18.5 Å². The largest absolute Gasteiger partial charge is 0.508 e. The molecule has 7 heterocycles. The minimum atomic E-state index is -2.26. The number of anilines is 1. The number of nitrogens with one attached hydrogen (secondary N) is 6. The van der Waals surface area contributed by atoms with Crippen molar-refractivity contribution >= 4 is 81.8 Å². The normalized spacial score (nSPS) is 30.8. The van der Waals surface area contributed by atoms with E-state index in [1.165, 1.54) is 68.4 Å². The molecule has 658 valence electrons. The van der Waals surface area contributed by atoms with E-state index in [2.05, 4.69) is 31.9 Å². The number of rotatable bonds is 18. The third-order valence-electron chi connectivity index (χ3n) is 25.2. The number of hydrogen-bond acceptors (Lipinski definition) is 26. The number of aromatic hydroxyl groups is 3. The molecule has 6 fully saturated rings. The van der Waals surface area contributed by atoms with Crippen LogP contribution >= 0.6 is 23.2 Å². The third-order valence-corrected chi connectivity index (χ3v) is 25.8. The molecule has 18 atom stereocenters. The van der Waals surface area contributed by atoms with Gasteiger partial charge in [-0.15, -0.1) is 0 Å². The smallest absolute Gasteiger partial charge is 0.325 e. The van der Waals surface area contributed by atoms with E-state index in [9.17, 15) is 60.3 Å². The van der Waals surface area contributed by atoms with Gasteiger partial charge in [0.25, 0.3) is 0 Å². The number of carbonyl (C=O) groups is 9. The molecule has 0 radical (unpaired) electrons. The van der Waals surface area contributed by atoms with E-state index >= 15 is 28.8 Å². The highest BCUT2D eigenvalue weighted by Gasteiger charge is 2.53. The van der Waals surface area contributed by atoms with Gasteiger partial charge in [0, 0.05) is 66.4 Å². The highest BCUT2D eigenvalue weighted by atomic mass is 35.5. The molecule has 2 saturated heterocycles. The number of hydrogen-bond donors (Lipinski definition) is 16. The number of carbonyl (C=O) groups excluding carboxylic acids is 9. The van der Waals surface area contributed by atoms with Crippen molar-refractivity contribution in [1.29, 1.82) is 0 Å². The fourth-order valence-electron chi connectivity index (χ4n) is 19.1. The molecule has 123 heavy (non-hydrogen) atoms. The number of amides is 7. The summed E-state index contributed by atoms with van der Waals surface area (Å²) in [5, 5.41) is 122. The van der Waals surface area contributed by atoms with Gasteiger partial charge in [-0.1, -0.05) is 62.2 Å². The second-order valence-electron chi connectivity index (χ2n) is 34.5. The number of fused-ring (bicyclic) bond motifs is 15. The fraction of sp³-hybridized carbons (Fsp3) is 0.494. The van der Waals surface area contributed by atoms with Crippen LogP contribution in [0.4, 0.5) is 10.5 Å². The standard InChI is InChI=1S/C89H103Cl2N7O25/c1-7-42(19-38(3)4)83(112)97-74-61(103)28-49(31-69(106)94-88(116)93-50-12-14-52(15-13-50)117-8-2)84(113)95-72-48-29-66(119-64-17-10-44(76(74)107)26-57(64)90)80(123-87-81(79(110)78(109)68(37-99)121-87)122-70-36-89(6,92)82(111)39(5)118-70)67(30-48)120-65-18-11-45(27-58(65)91)77(108)75-86(115)96-73(63(105)34-53-46-21-40-20-41(23-46)24-47(53)22-40)56-32-51(100)33-60(102)71(56)55-25-43(9-16-59(55)101)54(35-62(72)104)85(114)98-75/h9-18,25-27,29-30,32-33,38-42,46-47,49,53-54,68,70,72-79,81-82,87,99-102,107-111H,7-8,19-24,28,31,34-37,92H2,1-6H3,(H,95,113)(H,96,115)(H,97,112)(H,98,114)(H2,93,94,106,116)/t39-,40?,41?,42+,46?,47?,49-,53?,54+,68+,70-,72+,73-,74-,75-,76+,77+,78+,79-,81+,82+,87-,89-/m0/s1. The molecule has 6 aromatic carbocycles. The van der Waals surface area contributed by atoms with E-state index in [4.69, 9.17) is 62.1 Å². The molecular formula is C89H103Cl2N7O25. The number of imide groups is 1. The van der Waals surface area contributed by atoms with E-state index in [0.717, 1.165) is 68.5 Å². The summed E-state index contributed by atoms with van der Waals surface area (Å²) >= 11 is 14.6. The lowest BCUT2D eigenvalue weighted by molar-refractivity contribution is -0.333. The maximum absolute atomic E-state index is 16.8. The van der Waals surface area contributed by atoms with Gasteiger partial charge in [-0.3, -0.25) is 43.7 Å². The van der Waals surface area contributed by atoms with Gasteiger partial charge in [0.2, 0.25) is 41.6 Å². The molecule has 32 nitrogen and oxygen atoms in total. The topological polar surface area (TPSA) is 499 Å². The highest BCUT2D eigenvalue weighted by molar-refractivity contribution is 6.32. The van der Waals surface area contributed by atoms with Crippen molar-refractivity contribution in [3.8, 4) is 62.9 Å². The average Bonchev–Trinajstić information content (AvgIpc) is 0.760. The number of ether oxygens (including phenoxy) is 7. The van der Waals surface area contributed by atoms with Crippen LogP contribution in [0.2, 0.25) is 10.0 Å². The molecule has 15 bridgehead atoms. The Labute approximate surface area is 718 Å². The number of halogens is 2. The minimum absolute atomic E-state index is 0.0537. The first kappa shape index (κ1) is 89.2. The summed E-state index contributed by atoms with van der Waals surface area (Å²) in [6.07, 6.45) is -15.6. The lowest BCUT2D eigenvalue weighted by Crippen LogP contribution is -2.64. The van der Waals surface area contributed by atoms with Gasteiger partial charge in [-0.05, 0) is 208 Å². The van der Waals surface area contributed by atoms with Gasteiger partial charge in [-0.2, -0.15) is 0 Å². The number of ketones is 3. The number of aliphatic hydroxyl groups excluding tert-OH is 6. The minimum Gasteiger partial charge on any atom is -0.508 e. The van der Waals surface area contributed by atoms with Crippen LogP contribution in [0.25, 0.3) is 11.1 Å². The van der Waals surface area contributed by atoms with Crippen molar-refractivity contribution < 1.29 is 122 Å². The molecule has 17 rings (SSSR count). The molecule has 11 aliphatic rings. The zero-order chi connectivity index (χ0) is 88.1. The van der Waals surface area contributed by atoms with Crippen molar-refractivity contribution in [2.45, 2.75) is 216 Å². The third kappa shape index (κ3) is 19.3. The summed E-state index contributed by atoms with van der Waals surface area (Å²) in [5.74, 6) is -15.9. The number of benzene rings is 6. The monoisotopic (exact) mass is 1740 g/mol. The summed E-state index contributed by atoms with van der Waals surface area (Å²) in [7, 11) is 0.